The first-order valence-electron chi connectivity index (χ1n) is 16.4. The molecule has 3 saturated heterocycles. The van der Waals surface area contributed by atoms with E-state index in [1.54, 1.807) is 27.7 Å². The van der Waals surface area contributed by atoms with Gasteiger partial charge in [0.25, 0.3) is 0 Å². The van der Waals surface area contributed by atoms with E-state index >= 15 is 0 Å². The number of cyclic esters (lactones) is 1. The summed E-state index contributed by atoms with van der Waals surface area (Å²) in [6.45, 7) is 12.1. The van der Waals surface area contributed by atoms with Crippen molar-refractivity contribution in [2.45, 2.75) is 141 Å². The van der Waals surface area contributed by atoms with E-state index in [2.05, 4.69) is 0 Å². The van der Waals surface area contributed by atoms with Crippen LogP contribution in [0.25, 0.3) is 0 Å². The highest BCUT2D eigenvalue weighted by Crippen LogP contribution is 2.39. The van der Waals surface area contributed by atoms with Gasteiger partial charge in [-0.15, -0.1) is 0 Å². The Morgan fingerprint density at radius 2 is 1.70 bits per heavy atom. The Morgan fingerprint density at radius 3 is 2.28 bits per heavy atom. The highest BCUT2D eigenvalue weighted by Gasteiger charge is 2.51. The molecule has 0 aliphatic carbocycles. The summed E-state index contributed by atoms with van der Waals surface area (Å²) in [6, 6.07) is -0.247. The van der Waals surface area contributed by atoms with Crippen molar-refractivity contribution in [3.8, 4) is 0 Å². The third-order valence-electron chi connectivity index (χ3n) is 9.93. The number of carbonyl (C=O) groups excluding carboxylic acids is 4. The molecule has 13 heteroatoms. The molecule has 13 atom stereocenters. The maximum atomic E-state index is 13.8. The molecule has 2 N–H and O–H groups in total. The quantitative estimate of drug-likeness (QED) is 0.411. The summed E-state index contributed by atoms with van der Waals surface area (Å²) in [7, 11) is 3.75. The van der Waals surface area contributed by atoms with E-state index in [1.807, 2.05) is 25.9 Å². The minimum Gasteiger partial charge on any atom is -0.459 e. The van der Waals surface area contributed by atoms with E-state index in [1.165, 1.54) is 20.8 Å². The van der Waals surface area contributed by atoms with Crippen molar-refractivity contribution in [1.29, 1.82) is 0 Å². The molecule has 46 heavy (non-hydrogen) atoms. The number of Topliss-reactive ketones (excluding diaryl/α,β-unsaturated/α-hetero) is 2. The van der Waals surface area contributed by atoms with Gasteiger partial charge in [-0.05, 0) is 61.1 Å². The van der Waals surface area contributed by atoms with Crippen LogP contribution in [0.5, 0.6) is 0 Å². The average molecular weight is 658 g/mol. The molecular weight excluding hydrogens is 602 g/mol. The molecule has 2 bridgehead atoms. The number of nitrogens with zero attached hydrogens (tertiary/aromatic N) is 1. The molecule has 0 aromatic heterocycles. The van der Waals surface area contributed by atoms with Crippen molar-refractivity contribution in [1.82, 2.24) is 4.90 Å². The van der Waals surface area contributed by atoms with Gasteiger partial charge in [-0.25, -0.2) is 0 Å². The lowest BCUT2D eigenvalue weighted by Gasteiger charge is -2.47. The number of hydrogen-bond acceptors (Lipinski definition) is 13. The number of rotatable bonds is 5. The van der Waals surface area contributed by atoms with Gasteiger partial charge in [-0.3, -0.25) is 19.2 Å². The summed E-state index contributed by atoms with van der Waals surface area (Å²) in [6.07, 6.45) is -5.85. The highest BCUT2D eigenvalue weighted by atomic mass is 16.7. The lowest BCUT2D eigenvalue weighted by molar-refractivity contribution is -0.296. The van der Waals surface area contributed by atoms with Crippen molar-refractivity contribution in [3.05, 3.63) is 0 Å². The van der Waals surface area contributed by atoms with Gasteiger partial charge in [0.15, 0.2) is 18.2 Å². The first kappa shape index (κ1) is 38.4. The van der Waals surface area contributed by atoms with E-state index in [-0.39, 0.29) is 56.2 Å². The second-order valence-corrected chi connectivity index (χ2v) is 14.1. The molecule has 0 aromatic carbocycles. The largest absolute Gasteiger partial charge is 0.459 e. The Bertz CT molecular complexity index is 1100. The molecule has 0 amide bonds. The van der Waals surface area contributed by atoms with E-state index in [0.717, 1.165) is 0 Å². The molecule has 0 radical (unpaired) electrons. The van der Waals surface area contributed by atoms with Crippen LogP contribution in [0.2, 0.25) is 0 Å². The summed E-state index contributed by atoms with van der Waals surface area (Å²) in [5.74, 6) is -4.64. The van der Waals surface area contributed by atoms with Gasteiger partial charge in [0.2, 0.25) is 0 Å². The lowest BCUT2D eigenvalue weighted by atomic mass is 9.76. The predicted molar refractivity (Wildman–Crippen MR) is 164 cm³/mol. The minimum absolute atomic E-state index is 0.0278. The zero-order valence-electron chi connectivity index (χ0n) is 29.0. The third kappa shape index (κ3) is 8.72. The second-order valence-electron chi connectivity index (χ2n) is 14.1. The van der Waals surface area contributed by atoms with Crippen molar-refractivity contribution in [2.75, 3.05) is 27.3 Å². The van der Waals surface area contributed by atoms with Crippen LogP contribution < -0.4 is 0 Å². The lowest BCUT2D eigenvalue weighted by Crippen LogP contribution is -2.59. The zero-order chi connectivity index (χ0) is 34.7. The fourth-order valence-electron chi connectivity index (χ4n) is 6.99. The van der Waals surface area contributed by atoms with Gasteiger partial charge < -0.3 is 43.5 Å². The van der Waals surface area contributed by atoms with Crippen LogP contribution in [0.4, 0.5) is 0 Å². The van der Waals surface area contributed by atoms with Crippen LogP contribution in [0.1, 0.15) is 81.1 Å². The van der Waals surface area contributed by atoms with Gasteiger partial charge in [-0.2, -0.15) is 0 Å². The Labute approximate surface area is 272 Å². The molecule has 3 aliphatic rings. The number of fused-ring (bicyclic) bond motifs is 3. The highest BCUT2D eigenvalue weighted by molar-refractivity contribution is 5.84. The Kier molecular flexibility index (Phi) is 12.9. The molecule has 3 heterocycles. The molecular formula is C33H55NO12. The van der Waals surface area contributed by atoms with Crippen LogP contribution in [-0.4, -0.2) is 126 Å². The Hall–Kier alpha value is -2.00. The van der Waals surface area contributed by atoms with E-state index in [9.17, 15) is 29.4 Å². The predicted octanol–water partition coefficient (Wildman–Crippen LogP) is 1.82. The summed E-state index contributed by atoms with van der Waals surface area (Å²) >= 11 is 0. The number of likely N-dealkylation sites (N-methyl/N-ethyl adjacent to an activating group) is 1. The van der Waals surface area contributed by atoms with Crippen molar-refractivity contribution < 1.29 is 57.8 Å². The summed E-state index contributed by atoms with van der Waals surface area (Å²) in [4.78, 5) is 54.5. The van der Waals surface area contributed by atoms with E-state index < -0.39 is 77.7 Å². The fourth-order valence-corrected chi connectivity index (χ4v) is 6.99. The van der Waals surface area contributed by atoms with E-state index in [4.69, 9.17) is 28.4 Å². The Balaban J connectivity index is 2.15. The van der Waals surface area contributed by atoms with Gasteiger partial charge in [-0.1, -0.05) is 20.8 Å². The number of ether oxygens (including phenoxy) is 6. The number of aliphatic hydroxyl groups excluding tert-OH is 1. The normalized spacial score (nSPS) is 43.7. The van der Waals surface area contributed by atoms with Crippen LogP contribution >= 0.6 is 0 Å². The summed E-state index contributed by atoms with van der Waals surface area (Å²) in [5, 5.41) is 22.6. The van der Waals surface area contributed by atoms with Crippen LogP contribution in [0.3, 0.4) is 0 Å². The third-order valence-corrected chi connectivity index (χ3v) is 9.93. The molecule has 264 valence electrons. The molecule has 13 nitrogen and oxygen atoms in total. The van der Waals surface area contributed by atoms with Crippen molar-refractivity contribution in [2.24, 2.45) is 17.8 Å². The van der Waals surface area contributed by atoms with Crippen LogP contribution in [0.15, 0.2) is 0 Å². The molecule has 0 aromatic rings. The zero-order valence-corrected chi connectivity index (χ0v) is 29.0. The molecule has 3 rings (SSSR count). The number of carbonyl (C=O) groups is 4. The monoisotopic (exact) mass is 657 g/mol. The summed E-state index contributed by atoms with van der Waals surface area (Å²) < 4.78 is 36.8. The van der Waals surface area contributed by atoms with Gasteiger partial charge in [0.1, 0.15) is 30.7 Å². The molecule has 3 fully saturated rings. The maximum absolute atomic E-state index is 13.8. The first-order chi connectivity index (χ1) is 21.3. The van der Waals surface area contributed by atoms with Crippen LogP contribution in [-0.2, 0) is 47.6 Å². The van der Waals surface area contributed by atoms with Crippen molar-refractivity contribution >= 4 is 23.5 Å². The molecule has 0 spiro atoms. The van der Waals surface area contributed by atoms with E-state index in [0.29, 0.717) is 6.42 Å². The maximum Gasteiger partial charge on any atom is 0.311 e. The molecule has 3 aliphatic heterocycles. The van der Waals surface area contributed by atoms with Gasteiger partial charge in [0, 0.05) is 25.2 Å². The molecule has 0 saturated carbocycles. The number of esters is 2. The van der Waals surface area contributed by atoms with Crippen LogP contribution in [0, 0.1) is 17.8 Å². The smallest absolute Gasteiger partial charge is 0.311 e. The number of ketones is 2. The number of aliphatic hydroxyl groups is 2. The van der Waals surface area contributed by atoms with Gasteiger partial charge >= 0.3 is 11.9 Å². The first-order valence-corrected chi connectivity index (χ1v) is 16.4. The topological polar surface area (TPSA) is 167 Å². The average Bonchev–Trinajstić information content (AvgIpc) is 3.03. The van der Waals surface area contributed by atoms with Gasteiger partial charge in [0.05, 0.1) is 42.0 Å². The van der Waals surface area contributed by atoms with Crippen molar-refractivity contribution in [3.63, 3.8) is 0 Å². The standard InChI is InChI=1S/C33H55NO12/c1-11-25-33(8,40)29(38)20(5)27(37)17(2)14-32(7)26(13-24(19(4)30(39)45-25)41-15-22(36)16-42-32)46-31-28(44-21(6)35)23(34(9)10)12-18(3)43-31/h17-20,23-26,28-29,31,38,40H,11-16H2,1-10H3/t17-,18-,19-,20+,23+,24-,25-,26-,28-,29-,31?,32+,33-/m1/s1. The number of hydrogen-bond donors (Lipinski definition) is 2. The SMILES string of the molecule is CC[C@H]1OC(=O)[C@H](C)[C@H]2C[C@@H](OC3O[C@H](C)C[C@H](N(C)C)[C@H]3OC(C)=O)[C@](C)(C[C@@H](C)C(=O)[C@H](C)[C@@H](O)[C@]1(C)O)OCC(=O)CO2. The Morgan fingerprint density at radius 1 is 1.04 bits per heavy atom. The molecule has 1 unspecified atom stereocenters. The minimum atomic E-state index is -1.93. The fraction of sp³-hybridized carbons (Fsp3) is 0.879. The second kappa shape index (κ2) is 15.5. The summed E-state index contributed by atoms with van der Waals surface area (Å²) in [5.41, 5.74) is -3.25.